The first kappa shape index (κ1) is 23.0. The van der Waals surface area contributed by atoms with Gasteiger partial charge in [0.05, 0.1) is 11.4 Å². The third kappa shape index (κ3) is 5.54. The van der Waals surface area contributed by atoms with E-state index < -0.39 is 11.6 Å². The van der Waals surface area contributed by atoms with E-state index in [0.717, 1.165) is 27.8 Å². The first-order valence-electron chi connectivity index (χ1n) is 9.88. The summed E-state index contributed by atoms with van der Waals surface area (Å²) in [6, 6.07) is 16.8. The summed E-state index contributed by atoms with van der Waals surface area (Å²) in [6.45, 7) is 5.47. The molecule has 162 valence electrons. The molecule has 0 radical (unpaired) electrons. The van der Waals surface area contributed by atoms with Gasteiger partial charge >= 0.3 is 6.09 Å². The maximum Gasteiger partial charge on any atom is 0.412 e. The summed E-state index contributed by atoms with van der Waals surface area (Å²) in [5.74, 6) is -0.283. The second kappa shape index (κ2) is 9.66. The Morgan fingerprint density at radius 1 is 1.10 bits per heavy atom. The molecule has 3 aromatic rings. The predicted molar refractivity (Wildman–Crippen MR) is 132 cm³/mol. The van der Waals surface area contributed by atoms with Crippen LogP contribution in [-0.4, -0.2) is 28.0 Å². The maximum atomic E-state index is 13.0. The van der Waals surface area contributed by atoms with E-state index in [-0.39, 0.29) is 5.91 Å². The van der Waals surface area contributed by atoms with Crippen molar-refractivity contribution in [2.75, 3.05) is 15.5 Å². The Morgan fingerprint density at radius 2 is 1.81 bits per heavy atom. The Kier molecular flexibility index (Phi) is 7.18. The third-order valence-corrected chi connectivity index (χ3v) is 6.07. The van der Waals surface area contributed by atoms with E-state index in [1.165, 1.54) is 4.90 Å². The molecule has 2 N–H and O–H groups in total. The van der Waals surface area contributed by atoms with Crippen molar-refractivity contribution in [3.63, 3.8) is 0 Å². The van der Waals surface area contributed by atoms with Crippen LogP contribution in [0.1, 0.15) is 36.7 Å². The number of nitrogens with one attached hydrogen (secondary N) is 1. The van der Waals surface area contributed by atoms with E-state index in [9.17, 15) is 14.7 Å². The summed E-state index contributed by atoms with van der Waals surface area (Å²) in [7, 11) is 0. The van der Waals surface area contributed by atoms with E-state index in [0.29, 0.717) is 16.9 Å². The van der Waals surface area contributed by atoms with Gasteiger partial charge in [-0.05, 0) is 74.0 Å². The summed E-state index contributed by atoms with van der Waals surface area (Å²) in [5.41, 5.74) is 2.78. The Hall–Kier alpha value is -2.64. The number of carbonyl (C=O) groups is 2. The highest BCUT2D eigenvalue weighted by molar-refractivity contribution is 9.09. The van der Waals surface area contributed by atoms with Gasteiger partial charge in [-0.3, -0.25) is 9.69 Å². The number of halogens is 1. The summed E-state index contributed by atoms with van der Waals surface area (Å²) < 4.78 is 0. The zero-order valence-corrected chi connectivity index (χ0v) is 20.1. The molecule has 7 heteroatoms. The van der Waals surface area contributed by atoms with Crippen LogP contribution in [0.4, 0.5) is 16.2 Å². The molecule has 0 atom stereocenters. The van der Waals surface area contributed by atoms with Crippen molar-refractivity contribution in [1.29, 1.82) is 0 Å². The van der Waals surface area contributed by atoms with Gasteiger partial charge in [0.15, 0.2) is 0 Å². The number of alkyl halides is 1. The molecule has 31 heavy (non-hydrogen) atoms. The number of benzene rings is 2. The van der Waals surface area contributed by atoms with Gasteiger partial charge < -0.3 is 10.4 Å². The van der Waals surface area contributed by atoms with Gasteiger partial charge in [0.1, 0.15) is 0 Å². The van der Waals surface area contributed by atoms with E-state index in [4.69, 9.17) is 0 Å². The number of amides is 2. The third-order valence-electron chi connectivity index (χ3n) is 4.75. The number of nitrogens with zero attached hydrogens (tertiary/aromatic N) is 1. The molecule has 5 nitrogen and oxygen atoms in total. The van der Waals surface area contributed by atoms with Crippen LogP contribution in [0.25, 0.3) is 10.4 Å². The highest BCUT2D eigenvalue weighted by Gasteiger charge is 2.30. The van der Waals surface area contributed by atoms with Gasteiger partial charge in [-0.25, -0.2) is 4.79 Å². The second-order valence-electron chi connectivity index (χ2n) is 8.09. The topological polar surface area (TPSA) is 69.6 Å². The minimum Gasteiger partial charge on any atom is -0.465 e. The monoisotopic (exact) mass is 500 g/mol. The molecule has 0 aliphatic heterocycles. The summed E-state index contributed by atoms with van der Waals surface area (Å²) in [5, 5.41) is 15.7. The highest BCUT2D eigenvalue weighted by atomic mass is 79.9. The molecule has 0 aliphatic rings. The number of hydrogen-bond acceptors (Lipinski definition) is 3. The van der Waals surface area contributed by atoms with E-state index >= 15 is 0 Å². The largest absolute Gasteiger partial charge is 0.465 e. The average molecular weight is 501 g/mol. The normalized spacial score (nSPS) is 11.2. The lowest BCUT2D eigenvalue weighted by atomic mass is 10.0. The molecule has 0 spiro atoms. The molecule has 0 fully saturated rings. The van der Waals surface area contributed by atoms with Gasteiger partial charge in [0.25, 0.3) is 5.91 Å². The van der Waals surface area contributed by atoms with Gasteiger partial charge in [0.2, 0.25) is 0 Å². The minimum atomic E-state index is -1.08. The minimum absolute atomic E-state index is 0.283. The molecular weight excluding hydrogens is 476 g/mol. The lowest BCUT2D eigenvalue weighted by Crippen LogP contribution is -2.45. The van der Waals surface area contributed by atoms with Gasteiger partial charge in [-0.1, -0.05) is 40.2 Å². The zero-order chi connectivity index (χ0) is 22.6. The molecule has 2 aromatic carbocycles. The van der Waals surface area contributed by atoms with Gasteiger partial charge in [0, 0.05) is 21.3 Å². The van der Waals surface area contributed by atoms with Crippen LogP contribution in [0.15, 0.2) is 60.0 Å². The summed E-state index contributed by atoms with van der Waals surface area (Å²) in [4.78, 5) is 27.4. The molecule has 1 aromatic heterocycles. The Labute approximate surface area is 194 Å². The fourth-order valence-electron chi connectivity index (χ4n) is 3.30. The first-order valence-corrected chi connectivity index (χ1v) is 11.9. The molecular formula is C24H25BrN2O3S. The number of carbonyl (C=O) groups excluding carboxylic acids is 1. The van der Waals surface area contributed by atoms with Crippen molar-refractivity contribution < 1.29 is 14.7 Å². The molecule has 2 amide bonds. The van der Waals surface area contributed by atoms with Crippen molar-refractivity contribution in [3.8, 4) is 10.4 Å². The number of carboxylic acid groups (broad SMARTS) is 1. The van der Waals surface area contributed by atoms with Crippen molar-refractivity contribution in [3.05, 3.63) is 71.1 Å². The quantitative estimate of drug-likeness (QED) is 0.362. The molecule has 0 bridgehead atoms. The van der Waals surface area contributed by atoms with Crippen molar-refractivity contribution >= 4 is 50.6 Å². The number of aryl methyl sites for hydroxylation is 1. The van der Waals surface area contributed by atoms with Crippen LogP contribution in [0.2, 0.25) is 0 Å². The van der Waals surface area contributed by atoms with Crippen LogP contribution in [0, 0.1) is 0 Å². The molecule has 0 unspecified atom stereocenters. The number of rotatable bonds is 6. The van der Waals surface area contributed by atoms with E-state index in [1.807, 2.05) is 62.5 Å². The van der Waals surface area contributed by atoms with Crippen LogP contribution in [-0.2, 0) is 6.42 Å². The Balaban J connectivity index is 2.01. The summed E-state index contributed by atoms with van der Waals surface area (Å²) >= 11 is 5.00. The SMILES string of the molecule is CC(C)(C)N(C(=O)O)c1ccc(-c2cccs2)cc1NC(=O)c1ccc(CCBr)cc1. The van der Waals surface area contributed by atoms with Crippen LogP contribution < -0.4 is 10.2 Å². The standard InChI is InChI=1S/C24H25BrN2O3S/c1-24(2,3)27(23(29)30)20-11-10-18(21-5-4-14-31-21)15-19(20)26-22(28)17-8-6-16(7-9-17)12-13-25/h4-11,14-15H,12-13H2,1-3H3,(H,26,28)(H,29,30). The molecule has 0 aliphatic carbocycles. The molecule has 0 saturated heterocycles. The van der Waals surface area contributed by atoms with Crippen LogP contribution >= 0.6 is 27.3 Å². The van der Waals surface area contributed by atoms with Crippen molar-refractivity contribution in [1.82, 2.24) is 0 Å². The number of anilines is 2. The zero-order valence-electron chi connectivity index (χ0n) is 17.7. The lowest BCUT2D eigenvalue weighted by Gasteiger charge is -2.34. The molecule has 1 heterocycles. The van der Waals surface area contributed by atoms with Crippen LogP contribution in [0.3, 0.4) is 0 Å². The first-order chi connectivity index (χ1) is 14.7. The summed E-state index contributed by atoms with van der Waals surface area (Å²) in [6.07, 6.45) is -0.195. The van der Waals surface area contributed by atoms with E-state index in [2.05, 4.69) is 21.2 Å². The fourth-order valence-corrected chi connectivity index (χ4v) is 4.49. The Morgan fingerprint density at radius 3 is 2.35 bits per heavy atom. The van der Waals surface area contributed by atoms with Crippen molar-refractivity contribution in [2.24, 2.45) is 0 Å². The molecule has 3 rings (SSSR count). The highest BCUT2D eigenvalue weighted by Crippen LogP contribution is 2.36. The Bertz CT molecular complexity index is 1060. The van der Waals surface area contributed by atoms with Crippen LogP contribution in [0.5, 0.6) is 0 Å². The lowest BCUT2D eigenvalue weighted by molar-refractivity contribution is 0.102. The molecule has 0 saturated carbocycles. The second-order valence-corrected chi connectivity index (χ2v) is 9.83. The number of thiophene rings is 1. The maximum absolute atomic E-state index is 13.0. The average Bonchev–Trinajstić information content (AvgIpc) is 3.23. The fraction of sp³-hybridized carbons (Fsp3) is 0.250. The van der Waals surface area contributed by atoms with Crippen molar-refractivity contribution in [2.45, 2.75) is 32.7 Å². The number of hydrogen-bond donors (Lipinski definition) is 2. The van der Waals surface area contributed by atoms with Gasteiger partial charge in [-0.2, -0.15) is 0 Å². The predicted octanol–water partition coefficient (Wildman–Crippen LogP) is 6.89. The van der Waals surface area contributed by atoms with E-state index in [1.54, 1.807) is 29.5 Å². The van der Waals surface area contributed by atoms with Gasteiger partial charge in [-0.15, -0.1) is 11.3 Å². The smallest absolute Gasteiger partial charge is 0.412 e.